The van der Waals surface area contributed by atoms with E-state index in [1.807, 2.05) is 12.1 Å². The van der Waals surface area contributed by atoms with Crippen LogP contribution in [0, 0.1) is 0 Å². The largest absolute Gasteiger partial charge is 0.465 e. The number of carbonyl (C=O) groups excluding carboxylic acids is 1. The Bertz CT molecular complexity index is 422. The summed E-state index contributed by atoms with van der Waals surface area (Å²) in [5, 5.41) is 12.9. The van der Waals surface area contributed by atoms with Crippen LogP contribution in [0.5, 0.6) is 0 Å². The van der Waals surface area contributed by atoms with Gasteiger partial charge < -0.3 is 20.1 Å². The summed E-state index contributed by atoms with van der Waals surface area (Å²) in [4.78, 5) is 13.5. The van der Waals surface area contributed by atoms with E-state index < -0.39 is 6.10 Å². The normalized spacial score (nSPS) is 20.3. The molecule has 1 heterocycles. The summed E-state index contributed by atoms with van der Waals surface area (Å²) >= 11 is 0. The Morgan fingerprint density at radius 3 is 3.17 bits per heavy atom. The van der Waals surface area contributed by atoms with Crippen molar-refractivity contribution in [2.75, 3.05) is 38.2 Å². The molecule has 18 heavy (non-hydrogen) atoms. The van der Waals surface area contributed by atoms with Crippen LogP contribution in [-0.2, 0) is 4.74 Å². The molecule has 0 spiro atoms. The number of benzene rings is 1. The summed E-state index contributed by atoms with van der Waals surface area (Å²) in [5.74, 6) is -0.342. The van der Waals surface area contributed by atoms with E-state index in [4.69, 9.17) is 4.74 Å². The Balaban J connectivity index is 2.18. The maximum atomic E-state index is 11.5. The lowest BCUT2D eigenvalue weighted by Gasteiger charge is -2.24. The van der Waals surface area contributed by atoms with Crippen LogP contribution in [0.15, 0.2) is 24.3 Å². The van der Waals surface area contributed by atoms with E-state index in [1.165, 1.54) is 7.11 Å². The van der Waals surface area contributed by atoms with Crippen LogP contribution in [-0.4, -0.2) is 50.5 Å². The maximum Gasteiger partial charge on any atom is 0.337 e. The number of β-amino-alcohol motifs (C(OH)–C–C–N with tert-alkyl or cyclic N) is 1. The Kier molecular flexibility index (Phi) is 4.17. The highest BCUT2D eigenvalue weighted by Crippen LogP contribution is 2.17. The van der Waals surface area contributed by atoms with E-state index in [0.29, 0.717) is 18.7 Å². The van der Waals surface area contributed by atoms with Crippen LogP contribution in [0.3, 0.4) is 0 Å². The van der Waals surface area contributed by atoms with Crippen molar-refractivity contribution in [3.05, 3.63) is 29.8 Å². The van der Waals surface area contributed by atoms with E-state index in [2.05, 4.69) is 10.2 Å². The minimum atomic E-state index is -0.394. The Labute approximate surface area is 106 Å². The topological polar surface area (TPSA) is 61.8 Å². The molecule has 0 aliphatic carbocycles. The van der Waals surface area contributed by atoms with Crippen LogP contribution in [0.1, 0.15) is 10.4 Å². The summed E-state index contributed by atoms with van der Waals surface area (Å²) in [6, 6.07) is 7.28. The SMILES string of the molecule is COC(=O)c1cccc(N2CCNCC(O)C2)c1. The van der Waals surface area contributed by atoms with Crippen LogP contribution in [0.2, 0.25) is 0 Å². The number of nitrogens with zero attached hydrogens (tertiary/aromatic N) is 1. The van der Waals surface area contributed by atoms with E-state index in [-0.39, 0.29) is 5.97 Å². The monoisotopic (exact) mass is 250 g/mol. The fourth-order valence-corrected chi connectivity index (χ4v) is 2.07. The molecule has 0 aromatic heterocycles. The Morgan fingerprint density at radius 1 is 1.56 bits per heavy atom. The number of esters is 1. The zero-order chi connectivity index (χ0) is 13.0. The molecule has 2 N–H and O–H groups in total. The standard InChI is InChI=1S/C13H18N2O3/c1-18-13(17)10-3-2-4-11(7-10)15-6-5-14-8-12(16)9-15/h2-4,7,12,14,16H,5-6,8-9H2,1H3. The number of hydrogen-bond donors (Lipinski definition) is 2. The minimum Gasteiger partial charge on any atom is -0.465 e. The van der Waals surface area contributed by atoms with Gasteiger partial charge in [-0.25, -0.2) is 4.79 Å². The molecule has 1 aromatic carbocycles. The summed E-state index contributed by atoms with van der Waals surface area (Å²) < 4.78 is 4.71. The first-order valence-electron chi connectivity index (χ1n) is 6.03. The maximum absolute atomic E-state index is 11.5. The molecule has 1 aromatic rings. The van der Waals surface area contributed by atoms with Gasteiger partial charge in [-0.15, -0.1) is 0 Å². The lowest BCUT2D eigenvalue weighted by molar-refractivity contribution is 0.0601. The molecule has 0 saturated carbocycles. The zero-order valence-corrected chi connectivity index (χ0v) is 10.4. The van der Waals surface area contributed by atoms with Crippen molar-refractivity contribution in [1.29, 1.82) is 0 Å². The highest BCUT2D eigenvalue weighted by Gasteiger charge is 2.17. The number of aliphatic hydroxyl groups excluding tert-OH is 1. The number of rotatable bonds is 2. The van der Waals surface area contributed by atoms with Crippen molar-refractivity contribution in [3.8, 4) is 0 Å². The van der Waals surface area contributed by atoms with Gasteiger partial charge in [-0.1, -0.05) is 6.07 Å². The smallest absolute Gasteiger partial charge is 0.337 e. The average Bonchev–Trinajstić information content (AvgIpc) is 2.62. The number of anilines is 1. The third-order valence-corrected chi connectivity index (χ3v) is 3.00. The van der Waals surface area contributed by atoms with Gasteiger partial charge in [0.2, 0.25) is 0 Å². The van der Waals surface area contributed by atoms with Gasteiger partial charge in [-0.3, -0.25) is 0 Å². The minimum absolute atomic E-state index is 0.342. The van der Waals surface area contributed by atoms with Crippen molar-refractivity contribution in [3.63, 3.8) is 0 Å². The third-order valence-electron chi connectivity index (χ3n) is 3.00. The second kappa shape index (κ2) is 5.84. The number of hydrogen-bond acceptors (Lipinski definition) is 5. The summed E-state index contributed by atoms with van der Waals surface area (Å²) in [7, 11) is 1.37. The molecule has 1 unspecified atom stereocenters. The molecular weight excluding hydrogens is 232 g/mol. The highest BCUT2D eigenvalue weighted by atomic mass is 16.5. The number of aliphatic hydroxyl groups is 1. The van der Waals surface area contributed by atoms with E-state index >= 15 is 0 Å². The first-order valence-corrected chi connectivity index (χ1v) is 6.03. The van der Waals surface area contributed by atoms with Gasteiger partial charge in [0.15, 0.2) is 0 Å². The fraction of sp³-hybridized carbons (Fsp3) is 0.462. The van der Waals surface area contributed by atoms with Gasteiger partial charge in [0, 0.05) is 31.9 Å². The molecule has 0 bridgehead atoms. The van der Waals surface area contributed by atoms with Gasteiger partial charge in [0.05, 0.1) is 18.8 Å². The predicted molar refractivity (Wildman–Crippen MR) is 68.9 cm³/mol. The number of nitrogens with one attached hydrogen (secondary N) is 1. The van der Waals surface area contributed by atoms with Crippen LogP contribution in [0.4, 0.5) is 5.69 Å². The van der Waals surface area contributed by atoms with Crippen molar-refractivity contribution in [2.24, 2.45) is 0 Å². The van der Waals surface area contributed by atoms with E-state index in [9.17, 15) is 9.90 Å². The number of ether oxygens (including phenoxy) is 1. The predicted octanol–water partition coefficient (Wildman–Crippen LogP) is 0.244. The van der Waals surface area contributed by atoms with Gasteiger partial charge >= 0.3 is 5.97 Å². The van der Waals surface area contributed by atoms with Crippen LogP contribution < -0.4 is 10.2 Å². The third kappa shape index (κ3) is 3.00. The van der Waals surface area contributed by atoms with Crippen molar-refractivity contribution in [2.45, 2.75) is 6.10 Å². The Hall–Kier alpha value is -1.59. The van der Waals surface area contributed by atoms with E-state index in [1.54, 1.807) is 12.1 Å². The lowest BCUT2D eigenvalue weighted by atomic mass is 10.2. The second-order valence-corrected chi connectivity index (χ2v) is 4.35. The van der Waals surface area contributed by atoms with Crippen LogP contribution in [0.25, 0.3) is 0 Å². The molecule has 98 valence electrons. The molecule has 0 amide bonds. The molecule has 2 rings (SSSR count). The fourth-order valence-electron chi connectivity index (χ4n) is 2.07. The molecule has 1 saturated heterocycles. The molecule has 1 fully saturated rings. The quantitative estimate of drug-likeness (QED) is 0.736. The number of carbonyl (C=O) groups is 1. The number of methoxy groups -OCH3 is 1. The summed E-state index contributed by atoms with van der Waals surface area (Å²) in [5.41, 5.74) is 1.46. The van der Waals surface area contributed by atoms with Crippen molar-refractivity contribution >= 4 is 11.7 Å². The molecular formula is C13H18N2O3. The second-order valence-electron chi connectivity index (χ2n) is 4.35. The first-order chi connectivity index (χ1) is 8.70. The van der Waals surface area contributed by atoms with Crippen molar-refractivity contribution < 1.29 is 14.6 Å². The van der Waals surface area contributed by atoms with E-state index in [0.717, 1.165) is 18.8 Å². The summed E-state index contributed by atoms with van der Waals surface area (Å²) in [6.07, 6.45) is -0.394. The highest BCUT2D eigenvalue weighted by molar-refractivity contribution is 5.90. The first kappa shape index (κ1) is 12.9. The molecule has 5 heteroatoms. The zero-order valence-electron chi connectivity index (χ0n) is 10.4. The van der Waals surface area contributed by atoms with Crippen molar-refractivity contribution in [1.82, 2.24) is 5.32 Å². The van der Waals surface area contributed by atoms with Gasteiger partial charge in [-0.2, -0.15) is 0 Å². The van der Waals surface area contributed by atoms with Gasteiger partial charge in [0.25, 0.3) is 0 Å². The molecule has 1 atom stereocenters. The molecule has 0 radical (unpaired) electrons. The van der Waals surface area contributed by atoms with Crippen LogP contribution >= 0.6 is 0 Å². The molecule has 1 aliphatic rings. The molecule has 5 nitrogen and oxygen atoms in total. The van der Waals surface area contributed by atoms with Gasteiger partial charge in [0.1, 0.15) is 0 Å². The van der Waals surface area contributed by atoms with Gasteiger partial charge in [-0.05, 0) is 18.2 Å². The summed E-state index contributed by atoms with van der Waals surface area (Å²) in [6.45, 7) is 2.80. The lowest BCUT2D eigenvalue weighted by Crippen LogP contribution is -2.32. The average molecular weight is 250 g/mol. The Morgan fingerprint density at radius 2 is 2.39 bits per heavy atom. The molecule has 1 aliphatic heterocycles.